The van der Waals surface area contributed by atoms with E-state index < -0.39 is 46.9 Å². The van der Waals surface area contributed by atoms with Gasteiger partial charge in [-0.2, -0.15) is 26.3 Å². The van der Waals surface area contributed by atoms with Crippen molar-refractivity contribution in [2.75, 3.05) is 13.2 Å². The fourth-order valence-electron chi connectivity index (χ4n) is 6.31. The van der Waals surface area contributed by atoms with E-state index in [9.17, 15) is 36.2 Å². The van der Waals surface area contributed by atoms with E-state index in [4.69, 9.17) is 4.74 Å². The van der Waals surface area contributed by atoms with Crippen LogP contribution >= 0.6 is 0 Å². The van der Waals surface area contributed by atoms with Crippen molar-refractivity contribution in [1.82, 2.24) is 10.6 Å². The monoisotopic (exact) mass is 536 g/mol. The van der Waals surface area contributed by atoms with E-state index in [-0.39, 0.29) is 23.7 Å². The highest BCUT2D eigenvalue weighted by molar-refractivity contribution is 5.84. The molecule has 1 aromatic carbocycles. The summed E-state index contributed by atoms with van der Waals surface area (Å²) >= 11 is 0. The minimum absolute atomic E-state index is 0.0230. The van der Waals surface area contributed by atoms with Gasteiger partial charge in [0.1, 0.15) is 0 Å². The summed E-state index contributed by atoms with van der Waals surface area (Å²) in [6.45, 7) is 0.801. The van der Waals surface area contributed by atoms with Crippen LogP contribution in [-0.4, -0.2) is 41.9 Å². The van der Waals surface area contributed by atoms with Gasteiger partial charge >= 0.3 is 12.4 Å². The molecular weight excluding hydrogens is 502 g/mol. The number of hydrogen-bond acceptors (Lipinski definition) is 4. The van der Waals surface area contributed by atoms with Crippen LogP contribution in [0, 0.1) is 5.41 Å². The molecule has 3 aliphatic rings. The molecule has 11 heteroatoms. The molecule has 37 heavy (non-hydrogen) atoms. The second-order valence-electron chi connectivity index (χ2n) is 10.8. The number of nitrogens with one attached hydrogen (secondary N) is 2. The van der Waals surface area contributed by atoms with E-state index in [0.29, 0.717) is 57.5 Å². The summed E-state index contributed by atoms with van der Waals surface area (Å²) < 4.78 is 85.0. The Hall–Kier alpha value is -1.85. The summed E-state index contributed by atoms with van der Waals surface area (Å²) in [5.41, 5.74) is -5.57. The molecule has 2 atom stereocenters. The van der Waals surface area contributed by atoms with Gasteiger partial charge in [0.05, 0.1) is 22.1 Å². The maximum atomic E-state index is 13.7. The first-order valence-corrected chi connectivity index (χ1v) is 13.0. The van der Waals surface area contributed by atoms with Crippen molar-refractivity contribution < 1.29 is 41.0 Å². The molecule has 3 N–H and O–H groups in total. The van der Waals surface area contributed by atoms with E-state index in [1.54, 1.807) is 0 Å². The molecular formula is C26H34F6N2O3. The Morgan fingerprint density at radius 3 is 2.05 bits per heavy atom. The summed E-state index contributed by atoms with van der Waals surface area (Å²) in [7, 11) is 0. The Balaban J connectivity index is 1.55. The summed E-state index contributed by atoms with van der Waals surface area (Å²) in [5.74, 6) is -0.515. The van der Waals surface area contributed by atoms with Crippen LogP contribution in [0.2, 0.25) is 0 Å². The van der Waals surface area contributed by atoms with Crippen molar-refractivity contribution in [3.63, 3.8) is 0 Å². The smallest absolute Gasteiger partial charge is 0.389 e. The molecule has 2 saturated carbocycles. The second kappa shape index (κ2) is 10.7. The fourth-order valence-corrected chi connectivity index (χ4v) is 6.31. The van der Waals surface area contributed by atoms with Gasteiger partial charge in [0, 0.05) is 31.8 Å². The van der Waals surface area contributed by atoms with Crippen molar-refractivity contribution >= 4 is 5.91 Å². The van der Waals surface area contributed by atoms with Crippen molar-refractivity contribution in [1.29, 1.82) is 0 Å². The number of ether oxygens (including phenoxy) is 1. The van der Waals surface area contributed by atoms with E-state index in [1.165, 1.54) is 0 Å². The van der Waals surface area contributed by atoms with E-state index in [1.807, 2.05) is 0 Å². The number of alkyl halides is 6. The van der Waals surface area contributed by atoms with E-state index in [2.05, 4.69) is 10.6 Å². The molecule has 1 aromatic rings. The number of rotatable bonds is 6. The first-order chi connectivity index (χ1) is 17.3. The highest BCUT2D eigenvalue weighted by Gasteiger charge is 2.58. The Labute approximate surface area is 212 Å². The molecule has 4 rings (SSSR count). The van der Waals surface area contributed by atoms with Gasteiger partial charge in [-0.25, -0.2) is 0 Å². The molecule has 2 aliphatic carbocycles. The molecule has 5 nitrogen and oxygen atoms in total. The van der Waals surface area contributed by atoms with E-state index in [0.717, 1.165) is 32.1 Å². The molecule has 0 radical (unpaired) electrons. The lowest BCUT2D eigenvalue weighted by atomic mass is 9.63. The van der Waals surface area contributed by atoms with Crippen LogP contribution in [0.15, 0.2) is 18.2 Å². The highest BCUT2D eigenvalue weighted by Crippen LogP contribution is 2.53. The van der Waals surface area contributed by atoms with Gasteiger partial charge in [0.25, 0.3) is 0 Å². The first-order valence-electron chi connectivity index (χ1n) is 13.0. The van der Waals surface area contributed by atoms with Crippen LogP contribution in [0.5, 0.6) is 0 Å². The summed E-state index contributed by atoms with van der Waals surface area (Å²) in [6.07, 6.45) is -3.51. The quantitative estimate of drug-likeness (QED) is 0.429. The van der Waals surface area contributed by atoms with Gasteiger partial charge in [-0.15, -0.1) is 0 Å². The van der Waals surface area contributed by atoms with Gasteiger partial charge in [-0.05, 0) is 68.7 Å². The lowest BCUT2D eigenvalue weighted by molar-refractivity contribution is -0.157. The lowest BCUT2D eigenvalue weighted by Gasteiger charge is -2.46. The fraction of sp³-hybridized carbons (Fsp3) is 0.731. The van der Waals surface area contributed by atoms with Crippen LogP contribution in [0.4, 0.5) is 26.3 Å². The minimum Gasteiger partial charge on any atom is -0.389 e. The molecule has 1 aliphatic heterocycles. The van der Waals surface area contributed by atoms with Crippen molar-refractivity contribution in [3.8, 4) is 0 Å². The normalized spacial score (nSPS) is 27.3. The zero-order valence-corrected chi connectivity index (χ0v) is 20.6. The highest BCUT2D eigenvalue weighted by atomic mass is 19.4. The molecule has 2 unspecified atom stereocenters. The number of halogens is 6. The zero-order chi connectivity index (χ0) is 26.9. The van der Waals surface area contributed by atoms with Gasteiger partial charge in [0.15, 0.2) is 0 Å². The average molecular weight is 537 g/mol. The molecule has 3 fully saturated rings. The zero-order valence-electron chi connectivity index (χ0n) is 20.6. The number of benzene rings is 1. The van der Waals surface area contributed by atoms with Crippen LogP contribution in [0.1, 0.15) is 80.9 Å². The van der Waals surface area contributed by atoms with Crippen molar-refractivity contribution in [3.05, 3.63) is 34.9 Å². The topological polar surface area (TPSA) is 70.6 Å². The maximum absolute atomic E-state index is 13.7. The summed E-state index contributed by atoms with van der Waals surface area (Å²) in [6, 6.07) is 1.54. The largest absolute Gasteiger partial charge is 0.416 e. The molecule has 208 valence electrons. The van der Waals surface area contributed by atoms with Gasteiger partial charge in [0.2, 0.25) is 5.91 Å². The Morgan fingerprint density at radius 2 is 1.49 bits per heavy atom. The average Bonchev–Trinajstić information content (AvgIpc) is 3.28. The van der Waals surface area contributed by atoms with Crippen molar-refractivity contribution in [2.24, 2.45) is 5.41 Å². The number of aliphatic hydroxyl groups is 1. The molecule has 1 heterocycles. The van der Waals surface area contributed by atoms with Crippen LogP contribution < -0.4 is 10.6 Å². The predicted molar refractivity (Wildman–Crippen MR) is 123 cm³/mol. The molecule has 0 bridgehead atoms. The first kappa shape index (κ1) is 28.2. The number of carbonyl (C=O) groups is 1. The van der Waals surface area contributed by atoms with Gasteiger partial charge in [-0.3, -0.25) is 4.79 Å². The summed E-state index contributed by atoms with van der Waals surface area (Å²) in [4.78, 5) is 13.7. The number of carbonyl (C=O) groups excluding carboxylic acids is 1. The number of amides is 1. The standard InChI is InChI=1S/C26H34F6N2O3/c27-25(28,29)18-12-17(13-19(14-18)26(30,31)32)16-33-22(35)23(24(36)7-2-1-3-8-24)9-4-21(15-23)34-20-5-10-37-11-6-20/h12-14,20-21,34,36H,1-11,15-16H2,(H,33,35). The third kappa shape index (κ3) is 6.25. The molecule has 0 spiro atoms. The predicted octanol–water partition coefficient (Wildman–Crippen LogP) is 5.34. The SMILES string of the molecule is O=C(NCc1cc(C(F)(F)F)cc(C(F)(F)F)c1)C1(C2(O)CCCCC2)CCC(NC2CCOCC2)C1. The molecule has 1 amide bonds. The van der Waals surface area contributed by atoms with Crippen LogP contribution in [0.25, 0.3) is 0 Å². The van der Waals surface area contributed by atoms with Crippen LogP contribution in [0.3, 0.4) is 0 Å². The Morgan fingerprint density at radius 1 is 0.892 bits per heavy atom. The van der Waals surface area contributed by atoms with Gasteiger partial charge in [-0.1, -0.05) is 19.3 Å². The third-order valence-corrected chi connectivity index (χ3v) is 8.31. The molecule has 1 saturated heterocycles. The summed E-state index contributed by atoms with van der Waals surface area (Å²) in [5, 5.41) is 17.9. The molecule has 0 aromatic heterocycles. The third-order valence-electron chi connectivity index (χ3n) is 8.31. The Bertz CT molecular complexity index is 922. The second-order valence-corrected chi connectivity index (χ2v) is 10.8. The maximum Gasteiger partial charge on any atom is 0.416 e. The lowest BCUT2D eigenvalue weighted by Crippen LogP contribution is -2.57. The minimum atomic E-state index is -4.97. The van der Waals surface area contributed by atoms with E-state index >= 15 is 0 Å². The number of hydrogen-bond donors (Lipinski definition) is 3. The van der Waals surface area contributed by atoms with Crippen LogP contribution in [-0.2, 0) is 28.4 Å². The Kier molecular flexibility index (Phi) is 8.17. The van der Waals surface area contributed by atoms with Gasteiger partial charge < -0.3 is 20.5 Å². The van der Waals surface area contributed by atoms with Crippen molar-refractivity contribution in [2.45, 2.75) is 101 Å².